The lowest BCUT2D eigenvalue weighted by atomic mass is 10.1. The maximum Gasteiger partial charge on any atom is 0.319 e. The second-order valence-electron chi connectivity index (χ2n) is 6.57. The van der Waals surface area contributed by atoms with Crippen molar-refractivity contribution in [2.45, 2.75) is 59.8 Å². The summed E-state index contributed by atoms with van der Waals surface area (Å²) in [4.78, 5) is 12.2. The number of urea groups is 1. The fourth-order valence-corrected chi connectivity index (χ4v) is 2.54. The molecule has 2 amide bonds. The molecule has 2 aromatic rings. The SMILES string of the molecule is Cc1noc(C)c1C[C@H](C)NC(=O)Nc1cccc(COC(C)C)c1. The monoisotopic (exact) mass is 345 g/mol. The van der Waals surface area contributed by atoms with Gasteiger partial charge in [0.1, 0.15) is 5.76 Å². The molecule has 2 rings (SSSR count). The summed E-state index contributed by atoms with van der Waals surface area (Å²) in [5.41, 5.74) is 3.67. The first kappa shape index (κ1) is 19.0. The average Bonchev–Trinajstić information content (AvgIpc) is 2.85. The molecule has 0 unspecified atom stereocenters. The number of aryl methyl sites for hydroxylation is 2. The van der Waals surface area contributed by atoms with Crippen molar-refractivity contribution >= 4 is 11.7 Å². The van der Waals surface area contributed by atoms with Gasteiger partial charge in [0.05, 0.1) is 18.4 Å². The van der Waals surface area contributed by atoms with Crippen LogP contribution in [0.15, 0.2) is 28.8 Å². The number of hydrogen-bond donors (Lipinski definition) is 2. The summed E-state index contributed by atoms with van der Waals surface area (Å²) in [6.45, 7) is 10.3. The molecule has 0 saturated carbocycles. The topological polar surface area (TPSA) is 76.4 Å². The van der Waals surface area contributed by atoms with Crippen LogP contribution in [0.2, 0.25) is 0 Å². The molecule has 2 N–H and O–H groups in total. The summed E-state index contributed by atoms with van der Waals surface area (Å²) in [5.74, 6) is 0.796. The molecular formula is C19H27N3O3. The van der Waals surface area contributed by atoms with Crippen LogP contribution in [0.5, 0.6) is 0 Å². The Morgan fingerprint density at radius 1 is 1.28 bits per heavy atom. The van der Waals surface area contributed by atoms with E-state index in [0.29, 0.717) is 13.0 Å². The number of hydrogen-bond acceptors (Lipinski definition) is 4. The van der Waals surface area contributed by atoms with Crippen LogP contribution in [0.4, 0.5) is 10.5 Å². The zero-order chi connectivity index (χ0) is 18.4. The molecule has 136 valence electrons. The smallest absolute Gasteiger partial charge is 0.319 e. The predicted octanol–water partition coefficient (Wildman–Crippen LogP) is 3.97. The first-order valence-electron chi connectivity index (χ1n) is 8.55. The summed E-state index contributed by atoms with van der Waals surface area (Å²) in [6, 6.07) is 7.39. The van der Waals surface area contributed by atoms with E-state index in [0.717, 1.165) is 28.3 Å². The van der Waals surface area contributed by atoms with Crippen LogP contribution in [0.1, 0.15) is 43.4 Å². The highest BCUT2D eigenvalue weighted by Gasteiger charge is 2.14. The van der Waals surface area contributed by atoms with Gasteiger partial charge in [0, 0.05) is 17.3 Å². The van der Waals surface area contributed by atoms with Crippen molar-refractivity contribution in [2.75, 3.05) is 5.32 Å². The molecule has 0 aliphatic heterocycles. The Balaban J connectivity index is 1.88. The standard InChI is InChI=1S/C19H27N3O3/c1-12(2)24-11-16-7-6-8-17(10-16)21-19(23)20-13(3)9-18-14(4)22-25-15(18)5/h6-8,10,12-13H,9,11H2,1-5H3,(H2,20,21,23)/t13-/m0/s1. The number of ether oxygens (including phenoxy) is 1. The molecular weight excluding hydrogens is 318 g/mol. The molecule has 0 radical (unpaired) electrons. The first-order chi connectivity index (χ1) is 11.8. The maximum absolute atomic E-state index is 12.2. The minimum atomic E-state index is -0.235. The fourth-order valence-electron chi connectivity index (χ4n) is 2.54. The Bertz CT molecular complexity index is 690. The molecule has 0 spiro atoms. The Hall–Kier alpha value is -2.34. The van der Waals surface area contributed by atoms with E-state index in [1.807, 2.05) is 58.9 Å². The molecule has 0 fully saturated rings. The third-order valence-corrected chi connectivity index (χ3v) is 3.84. The highest BCUT2D eigenvalue weighted by Crippen LogP contribution is 2.15. The van der Waals surface area contributed by atoms with E-state index in [-0.39, 0.29) is 18.2 Å². The molecule has 1 aromatic carbocycles. The first-order valence-corrected chi connectivity index (χ1v) is 8.55. The predicted molar refractivity (Wildman–Crippen MR) is 97.7 cm³/mol. The number of carbonyl (C=O) groups is 1. The van der Waals surface area contributed by atoms with E-state index in [1.165, 1.54) is 0 Å². The van der Waals surface area contributed by atoms with Gasteiger partial charge in [-0.15, -0.1) is 0 Å². The van der Waals surface area contributed by atoms with Crippen molar-refractivity contribution in [3.05, 3.63) is 46.8 Å². The molecule has 0 saturated heterocycles. The zero-order valence-corrected chi connectivity index (χ0v) is 15.6. The molecule has 6 heteroatoms. The number of amides is 2. The summed E-state index contributed by atoms with van der Waals surface area (Å²) in [5, 5.41) is 9.75. The van der Waals surface area contributed by atoms with Crippen molar-refractivity contribution in [3.8, 4) is 0 Å². The van der Waals surface area contributed by atoms with Crippen molar-refractivity contribution in [1.29, 1.82) is 0 Å². The lowest BCUT2D eigenvalue weighted by Crippen LogP contribution is -2.37. The van der Waals surface area contributed by atoms with E-state index in [1.54, 1.807) is 0 Å². The molecule has 0 bridgehead atoms. The van der Waals surface area contributed by atoms with Crippen molar-refractivity contribution in [1.82, 2.24) is 10.5 Å². The fraction of sp³-hybridized carbons (Fsp3) is 0.474. The highest BCUT2D eigenvalue weighted by atomic mass is 16.5. The van der Waals surface area contributed by atoms with Crippen molar-refractivity contribution in [3.63, 3.8) is 0 Å². The van der Waals surface area contributed by atoms with E-state index < -0.39 is 0 Å². The van der Waals surface area contributed by atoms with Crippen LogP contribution in [0, 0.1) is 13.8 Å². The van der Waals surface area contributed by atoms with Crippen LogP contribution in [0.3, 0.4) is 0 Å². The Morgan fingerprint density at radius 2 is 2.04 bits per heavy atom. The third kappa shape index (κ3) is 5.90. The number of anilines is 1. The summed E-state index contributed by atoms with van der Waals surface area (Å²) < 4.78 is 10.7. The minimum Gasteiger partial charge on any atom is -0.374 e. The summed E-state index contributed by atoms with van der Waals surface area (Å²) >= 11 is 0. The second kappa shape index (κ2) is 8.67. The second-order valence-corrected chi connectivity index (χ2v) is 6.57. The van der Waals surface area contributed by atoms with Gasteiger partial charge in [-0.2, -0.15) is 0 Å². The van der Waals surface area contributed by atoms with E-state index in [9.17, 15) is 4.79 Å². The highest BCUT2D eigenvalue weighted by molar-refractivity contribution is 5.89. The molecule has 1 heterocycles. The quantitative estimate of drug-likeness (QED) is 0.796. The third-order valence-electron chi connectivity index (χ3n) is 3.84. The van der Waals surface area contributed by atoms with Crippen molar-refractivity contribution < 1.29 is 14.1 Å². The van der Waals surface area contributed by atoms with Gasteiger partial charge in [0.2, 0.25) is 0 Å². The van der Waals surface area contributed by atoms with Crippen LogP contribution < -0.4 is 10.6 Å². The van der Waals surface area contributed by atoms with Crippen LogP contribution in [0.25, 0.3) is 0 Å². The van der Waals surface area contributed by atoms with Gasteiger partial charge in [-0.25, -0.2) is 4.79 Å². The molecule has 0 aliphatic rings. The average molecular weight is 345 g/mol. The minimum absolute atomic E-state index is 0.0377. The van der Waals surface area contributed by atoms with Crippen molar-refractivity contribution in [2.24, 2.45) is 0 Å². The van der Waals surface area contributed by atoms with E-state index in [4.69, 9.17) is 9.26 Å². The van der Waals surface area contributed by atoms with Crippen LogP contribution in [-0.2, 0) is 17.8 Å². The normalized spacial score (nSPS) is 12.2. The molecule has 1 aromatic heterocycles. The maximum atomic E-state index is 12.2. The Kier molecular flexibility index (Phi) is 6.58. The number of nitrogens with zero attached hydrogens (tertiary/aromatic N) is 1. The molecule has 25 heavy (non-hydrogen) atoms. The Morgan fingerprint density at radius 3 is 2.68 bits per heavy atom. The van der Waals surface area contributed by atoms with Gasteiger partial charge in [-0.3, -0.25) is 0 Å². The number of aromatic nitrogens is 1. The summed E-state index contributed by atoms with van der Waals surface area (Å²) in [6.07, 6.45) is 0.849. The van der Waals surface area contributed by atoms with Gasteiger partial charge in [0.25, 0.3) is 0 Å². The van der Waals surface area contributed by atoms with E-state index >= 15 is 0 Å². The Labute approximate surface area is 148 Å². The van der Waals surface area contributed by atoms with Crippen LogP contribution >= 0.6 is 0 Å². The largest absolute Gasteiger partial charge is 0.374 e. The summed E-state index contributed by atoms with van der Waals surface area (Å²) in [7, 11) is 0. The van der Waals surface area contributed by atoms with Gasteiger partial charge in [-0.05, 0) is 58.7 Å². The van der Waals surface area contributed by atoms with Crippen LogP contribution in [-0.4, -0.2) is 23.3 Å². The number of nitrogens with one attached hydrogen (secondary N) is 2. The van der Waals surface area contributed by atoms with Gasteiger partial charge in [0.15, 0.2) is 0 Å². The van der Waals surface area contributed by atoms with E-state index in [2.05, 4.69) is 15.8 Å². The number of benzene rings is 1. The molecule has 1 atom stereocenters. The van der Waals surface area contributed by atoms with Gasteiger partial charge < -0.3 is 19.9 Å². The zero-order valence-electron chi connectivity index (χ0n) is 15.6. The molecule has 0 aliphatic carbocycles. The van der Waals surface area contributed by atoms with Gasteiger partial charge in [-0.1, -0.05) is 17.3 Å². The molecule has 6 nitrogen and oxygen atoms in total. The van der Waals surface area contributed by atoms with Gasteiger partial charge >= 0.3 is 6.03 Å². The number of rotatable bonds is 7. The lowest BCUT2D eigenvalue weighted by molar-refractivity contribution is 0.0657. The lowest BCUT2D eigenvalue weighted by Gasteiger charge is -2.15. The number of carbonyl (C=O) groups excluding carboxylic acids is 1.